The molecule has 1 atom stereocenters. The van der Waals surface area contributed by atoms with Crippen molar-refractivity contribution in [1.29, 1.82) is 0 Å². The highest BCUT2D eigenvalue weighted by molar-refractivity contribution is 5.95. The van der Waals surface area contributed by atoms with Crippen LogP contribution in [0.4, 0.5) is 5.69 Å². The van der Waals surface area contributed by atoms with E-state index in [-0.39, 0.29) is 5.91 Å². The largest absolute Gasteiger partial charge is 0.489 e. The van der Waals surface area contributed by atoms with Gasteiger partial charge in [0.15, 0.2) is 0 Å². The summed E-state index contributed by atoms with van der Waals surface area (Å²) in [5, 5.41) is 6.53. The maximum atomic E-state index is 12.6. The van der Waals surface area contributed by atoms with E-state index in [1.807, 2.05) is 31.2 Å². The van der Waals surface area contributed by atoms with Crippen molar-refractivity contribution in [2.24, 2.45) is 5.92 Å². The lowest BCUT2D eigenvalue weighted by atomic mass is 10.00. The third kappa shape index (κ3) is 4.98. The number of ether oxygens (including phenoxy) is 3. The molecule has 3 heterocycles. The van der Waals surface area contributed by atoms with Crippen LogP contribution in [-0.2, 0) is 4.74 Å². The number of hydrogen-bond acceptors (Lipinski definition) is 6. The fourth-order valence-electron chi connectivity index (χ4n) is 3.54. The Morgan fingerprint density at radius 3 is 3.00 bits per heavy atom. The molecule has 0 aliphatic carbocycles. The summed E-state index contributed by atoms with van der Waals surface area (Å²) in [6.45, 7) is 5.15. The van der Waals surface area contributed by atoms with Crippen LogP contribution in [0, 0.1) is 5.92 Å². The van der Waals surface area contributed by atoms with Crippen LogP contribution < -0.4 is 20.1 Å². The van der Waals surface area contributed by atoms with Gasteiger partial charge in [-0.05, 0) is 56.0 Å². The third-order valence-corrected chi connectivity index (χ3v) is 5.31. The number of amides is 1. The van der Waals surface area contributed by atoms with Gasteiger partial charge in [-0.25, -0.2) is 0 Å². The maximum absolute atomic E-state index is 12.6. The molecule has 1 aromatic carbocycles. The number of benzene rings is 1. The zero-order chi connectivity index (χ0) is 20.1. The molecule has 1 unspecified atom stereocenters. The molecule has 1 amide bonds. The number of rotatable bonds is 6. The number of nitrogens with one attached hydrogen (secondary N) is 2. The van der Waals surface area contributed by atoms with Gasteiger partial charge >= 0.3 is 0 Å². The molecule has 2 N–H and O–H groups in total. The summed E-state index contributed by atoms with van der Waals surface area (Å²) in [6.07, 6.45) is 5.38. The molecule has 2 aliphatic rings. The van der Waals surface area contributed by atoms with E-state index in [4.69, 9.17) is 14.2 Å². The zero-order valence-electron chi connectivity index (χ0n) is 16.6. The summed E-state index contributed by atoms with van der Waals surface area (Å²) in [4.78, 5) is 16.7. The van der Waals surface area contributed by atoms with E-state index in [9.17, 15) is 4.79 Å². The maximum Gasteiger partial charge on any atom is 0.251 e. The van der Waals surface area contributed by atoms with Gasteiger partial charge in [-0.1, -0.05) is 0 Å². The van der Waals surface area contributed by atoms with Crippen molar-refractivity contribution >= 4 is 11.6 Å². The number of fused-ring (bicyclic) bond motifs is 1. The van der Waals surface area contributed by atoms with Crippen LogP contribution in [0.3, 0.4) is 0 Å². The number of carbonyl (C=O) groups is 1. The first-order valence-electron chi connectivity index (χ1n) is 10.1. The first-order valence-corrected chi connectivity index (χ1v) is 10.1. The smallest absolute Gasteiger partial charge is 0.251 e. The molecular formula is C22H27N3O4. The number of hydrogen-bond donors (Lipinski definition) is 2. The van der Waals surface area contributed by atoms with E-state index in [0.717, 1.165) is 37.5 Å². The monoisotopic (exact) mass is 397 g/mol. The van der Waals surface area contributed by atoms with Gasteiger partial charge in [0.2, 0.25) is 0 Å². The number of pyridine rings is 1. The first-order chi connectivity index (χ1) is 14.1. The molecule has 1 fully saturated rings. The average Bonchev–Trinajstić information content (AvgIpc) is 2.77. The molecule has 0 saturated carbocycles. The molecule has 7 nitrogen and oxygen atoms in total. The lowest BCUT2D eigenvalue weighted by Crippen LogP contribution is -2.49. The van der Waals surface area contributed by atoms with Crippen molar-refractivity contribution in [2.75, 3.05) is 38.3 Å². The molecule has 2 aliphatic heterocycles. The Balaban J connectivity index is 1.37. The van der Waals surface area contributed by atoms with Crippen LogP contribution >= 0.6 is 0 Å². The van der Waals surface area contributed by atoms with Crippen molar-refractivity contribution in [2.45, 2.75) is 25.3 Å². The van der Waals surface area contributed by atoms with E-state index in [1.54, 1.807) is 18.5 Å². The van der Waals surface area contributed by atoms with Gasteiger partial charge in [-0.2, -0.15) is 0 Å². The molecule has 1 saturated heterocycles. The Morgan fingerprint density at radius 1 is 1.34 bits per heavy atom. The van der Waals surface area contributed by atoms with Crippen LogP contribution in [-0.4, -0.2) is 49.4 Å². The molecule has 154 valence electrons. The Kier molecular flexibility index (Phi) is 5.85. The molecule has 0 spiro atoms. The minimum Gasteiger partial charge on any atom is -0.489 e. The fraction of sp³-hybridized carbons (Fsp3) is 0.455. The van der Waals surface area contributed by atoms with Gasteiger partial charge in [-0.15, -0.1) is 0 Å². The van der Waals surface area contributed by atoms with Gasteiger partial charge in [0.1, 0.15) is 30.3 Å². The highest BCUT2D eigenvalue weighted by Crippen LogP contribution is 2.33. The summed E-state index contributed by atoms with van der Waals surface area (Å²) in [5.41, 5.74) is 0.997. The van der Waals surface area contributed by atoms with E-state index >= 15 is 0 Å². The second-order valence-electron chi connectivity index (χ2n) is 7.93. The van der Waals surface area contributed by atoms with Gasteiger partial charge in [0, 0.05) is 31.5 Å². The fourth-order valence-corrected chi connectivity index (χ4v) is 3.54. The van der Waals surface area contributed by atoms with Crippen molar-refractivity contribution in [1.82, 2.24) is 10.3 Å². The molecule has 7 heteroatoms. The number of nitrogens with zero attached hydrogens (tertiary/aromatic N) is 1. The summed E-state index contributed by atoms with van der Waals surface area (Å²) in [7, 11) is 0. The second kappa shape index (κ2) is 8.69. The molecular weight excluding hydrogens is 370 g/mol. The van der Waals surface area contributed by atoms with E-state index in [2.05, 4.69) is 15.6 Å². The van der Waals surface area contributed by atoms with Crippen LogP contribution in [0.25, 0.3) is 0 Å². The van der Waals surface area contributed by atoms with E-state index in [1.165, 1.54) is 0 Å². The Bertz CT molecular complexity index is 839. The number of anilines is 1. The van der Waals surface area contributed by atoms with Gasteiger partial charge in [0.25, 0.3) is 5.91 Å². The lowest BCUT2D eigenvalue weighted by Gasteiger charge is -2.36. The Labute approximate surface area is 170 Å². The summed E-state index contributed by atoms with van der Waals surface area (Å²) in [5.74, 6) is 1.87. The summed E-state index contributed by atoms with van der Waals surface area (Å²) < 4.78 is 17.1. The summed E-state index contributed by atoms with van der Waals surface area (Å²) >= 11 is 0. The zero-order valence-corrected chi connectivity index (χ0v) is 16.6. The van der Waals surface area contributed by atoms with Crippen LogP contribution in [0.5, 0.6) is 11.5 Å². The quantitative estimate of drug-likeness (QED) is 0.780. The van der Waals surface area contributed by atoms with Gasteiger partial charge in [0.05, 0.1) is 11.9 Å². The lowest BCUT2D eigenvalue weighted by molar-refractivity contribution is 0.0642. The van der Waals surface area contributed by atoms with Crippen LogP contribution in [0.2, 0.25) is 0 Å². The van der Waals surface area contributed by atoms with Crippen molar-refractivity contribution < 1.29 is 19.0 Å². The molecule has 1 aromatic heterocycles. The molecule has 29 heavy (non-hydrogen) atoms. The van der Waals surface area contributed by atoms with E-state index in [0.29, 0.717) is 37.0 Å². The average molecular weight is 397 g/mol. The predicted molar refractivity (Wildman–Crippen MR) is 110 cm³/mol. The minimum absolute atomic E-state index is 0.0695. The Morgan fingerprint density at radius 2 is 2.21 bits per heavy atom. The van der Waals surface area contributed by atoms with Crippen LogP contribution in [0.15, 0.2) is 42.7 Å². The highest BCUT2D eigenvalue weighted by Gasteiger charge is 2.32. The summed E-state index contributed by atoms with van der Waals surface area (Å²) in [6, 6.07) is 9.19. The Hall–Kier alpha value is -2.80. The standard InChI is InChI=1S/C22H27N3O4/c1-22(14-28-18-3-2-8-23-13-18)15-29-20-5-4-17(11-19(20)25-22)21(26)24-12-16-6-9-27-10-7-16/h2-5,8,11,13,16,25H,6-7,9-10,12,14-15H2,1H3,(H,24,26). The molecule has 0 bridgehead atoms. The molecule has 2 aromatic rings. The second-order valence-corrected chi connectivity index (χ2v) is 7.93. The van der Waals surface area contributed by atoms with Gasteiger partial charge < -0.3 is 24.8 Å². The highest BCUT2D eigenvalue weighted by atomic mass is 16.5. The van der Waals surface area contributed by atoms with Gasteiger partial charge in [-0.3, -0.25) is 9.78 Å². The van der Waals surface area contributed by atoms with Crippen molar-refractivity contribution in [3.63, 3.8) is 0 Å². The van der Waals surface area contributed by atoms with E-state index < -0.39 is 5.54 Å². The SMILES string of the molecule is CC1(COc2cccnc2)COc2ccc(C(=O)NCC3CCOCC3)cc2N1. The topological polar surface area (TPSA) is 81.7 Å². The van der Waals surface area contributed by atoms with Crippen molar-refractivity contribution in [3.05, 3.63) is 48.3 Å². The van der Waals surface area contributed by atoms with Crippen molar-refractivity contribution in [3.8, 4) is 11.5 Å². The first kappa shape index (κ1) is 19.5. The number of carbonyl (C=O) groups excluding carboxylic acids is 1. The number of aromatic nitrogens is 1. The predicted octanol–water partition coefficient (Wildman–Crippen LogP) is 2.88. The minimum atomic E-state index is -0.417. The molecule has 4 rings (SSSR count). The molecule has 0 radical (unpaired) electrons. The van der Waals surface area contributed by atoms with Crippen LogP contribution in [0.1, 0.15) is 30.1 Å². The normalized spacial score (nSPS) is 21.4. The third-order valence-electron chi connectivity index (χ3n) is 5.31.